The van der Waals surface area contributed by atoms with Crippen LogP contribution in [0.2, 0.25) is 0 Å². The van der Waals surface area contributed by atoms with Gasteiger partial charge in [-0.3, -0.25) is 4.79 Å². The van der Waals surface area contributed by atoms with Crippen molar-refractivity contribution in [3.63, 3.8) is 0 Å². The Morgan fingerprint density at radius 3 is 2.57 bits per heavy atom. The molecule has 3 heterocycles. The first kappa shape index (κ1) is 13.2. The smallest absolute Gasteiger partial charge is 0.249 e. The van der Waals surface area contributed by atoms with E-state index in [-0.39, 0.29) is 5.56 Å². The zero-order chi connectivity index (χ0) is 14.7. The second-order valence-electron chi connectivity index (χ2n) is 4.86. The highest BCUT2D eigenvalue weighted by atomic mass is 16.1. The van der Waals surface area contributed by atoms with Crippen LogP contribution in [0.25, 0.3) is 0 Å². The molecule has 1 N–H and O–H groups in total. The van der Waals surface area contributed by atoms with Crippen LogP contribution in [0.15, 0.2) is 41.3 Å². The SMILES string of the molecule is N#Cc1cccnc1N1CCN(c2cccc(=O)[nH]2)CC1. The summed E-state index contributed by atoms with van der Waals surface area (Å²) in [6.45, 7) is 3.09. The Labute approximate surface area is 122 Å². The predicted molar refractivity (Wildman–Crippen MR) is 80.4 cm³/mol. The van der Waals surface area contributed by atoms with E-state index in [1.165, 1.54) is 6.07 Å². The summed E-state index contributed by atoms with van der Waals surface area (Å²) in [4.78, 5) is 22.8. The van der Waals surface area contributed by atoms with Crippen molar-refractivity contribution in [3.05, 3.63) is 52.4 Å². The number of rotatable bonds is 2. The van der Waals surface area contributed by atoms with Gasteiger partial charge in [0.05, 0.1) is 5.56 Å². The van der Waals surface area contributed by atoms with Crippen molar-refractivity contribution >= 4 is 11.6 Å². The fraction of sp³-hybridized carbons (Fsp3) is 0.267. The molecule has 1 saturated heterocycles. The molecule has 21 heavy (non-hydrogen) atoms. The Kier molecular flexibility index (Phi) is 3.56. The van der Waals surface area contributed by atoms with E-state index in [0.29, 0.717) is 5.56 Å². The molecule has 1 aliphatic rings. The van der Waals surface area contributed by atoms with Crippen LogP contribution in [0.3, 0.4) is 0 Å². The molecule has 106 valence electrons. The topological polar surface area (TPSA) is 76.0 Å². The Balaban J connectivity index is 1.74. The third-order valence-corrected chi connectivity index (χ3v) is 3.58. The average Bonchev–Trinajstić information content (AvgIpc) is 2.55. The molecule has 1 aliphatic heterocycles. The molecule has 6 heteroatoms. The Bertz CT molecular complexity index is 725. The quantitative estimate of drug-likeness (QED) is 0.887. The number of aromatic amines is 1. The van der Waals surface area contributed by atoms with Gasteiger partial charge >= 0.3 is 0 Å². The lowest BCUT2D eigenvalue weighted by molar-refractivity contribution is 0.640. The second kappa shape index (κ2) is 5.67. The first-order valence-corrected chi connectivity index (χ1v) is 6.82. The summed E-state index contributed by atoms with van der Waals surface area (Å²) in [5, 5.41) is 9.14. The zero-order valence-electron chi connectivity index (χ0n) is 11.5. The maximum absolute atomic E-state index is 11.4. The molecule has 0 atom stereocenters. The fourth-order valence-electron chi connectivity index (χ4n) is 2.52. The highest BCUT2D eigenvalue weighted by molar-refractivity contribution is 5.54. The average molecular weight is 281 g/mol. The van der Waals surface area contributed by atoms with Gasteiger partial charge in [0.15, 0.2) is 0 Å². The highest BCUT2D eigenvalue weighted by Crippen LogP contribution is 2.19. The van der Waals surface area contributed by atoms with Gasteiger partial charge in [-0.15, -0.1) is 0 Å². The zero-order valence-corrected chi connectivity index (χ0v) is 11.5. The normalized spacial score (nSPS) is 14.8. The van der Waals surface area contributed by atoms with E-state index in [0.717, 1.165) is 37.8 Å². The standard InChI is InChI=1S/C15H15N5O/c16-11-12-3-2-6-17-15(12)20-9-7-19(8-10-20)13-4-1-5-14(21)18-13/h1-6H,7-10H2,(H,18,21). The summed E-state index contributed by atoms with van der Waals surface area (Å²) in [6, 6.07) is 10.9. The molecule has 0 saturated carbocycles. The Hall–Kier alpha value is -2.81. The number of nitriles is 1. The van der Waals surface area contributed by atoms with Crippen molar-refractivity contribution in [2.75, 3.05) is 36.0 Å². The monoisotopic (exact) mass is 281 g/mol. The summed E-state index contributed by atoms with van der Waals surface area (Å²) in [5.74, 6) is 1.57. The molecule has 0 bridgehead atoms. The van der Waals surface area contributed by atoms with Gasteiger partial charge in [-0.1, -0.05) is 6.07 Å². The number of nitrogens with zero attached hydrogens (tertiary/aromatic N) is 4. The second-order valence-corrected chi connectivity index (χ2v) is 4.86. The molecular formula is C15H15N5O. The van der Waals surface area contributed by atoms with E-state index >= 15 is 0 Å². The highest BCUT2D eigenvalue weighted by Gasteiger charge is 2.20. The van der Waals surface area contributed by atoms with E-state index in [9.17, 15) is 4.79 Å². The van der Waals surface area contributed by atoms with Gasteiger partial charge in [-0.25, -0.2) is 4.98 Å². The molecule has 2 aromatic rings. The lowest BCUT2D eigenvalue weighted by Gasteiger charge is -2.36. The predicted octanol–water partition coefficient (Wildman–Crippen LogP) is 0.968. The van der Waals surface area contributed by atoms with E-state index in [1.807, 2.05) is 6.07 Å². The molecule has 0 aliphatic carbocycles. The lowest BCUT2D eigenvalue weighted by Crippen LogP contribution is -2.47. The van der Waals surface area contributed by atoms with Crippen LogP contribution in [0, 0.1) is 11.3 Å². The molecule has 6 nitrogen and oxygen atoms in total. The van der Waals surface area contributed by atoms with Crippen molar-refractivity contribution in [2.45, 2.75) is 0 Å². The maximum atomic E-state index is 11.4. The molecule has 2 aromatic heterocycles. The minimum Gasteiger partial charge on any atom is -0.355 e. The number of anilines is 2. The van der Waals surface area contributed by atoms with Crippen LogP contribution < -0.4 is 15.4 Å². The van der Waals surface area contributed by atoms with Gasteiger partial charge in [0.1, 0.15) is 17.7 Å². The maximum Gasteiger partial charge on any atom is 0.249 e. The van der Waals surface area contributed by atoms with Crippen molar-refractivity contribution < 1.29 is 0 Å². The lowest BCUT2D eigenvalue weighted by atomic mass is 10.2. The number of nitrogens with one attached hydrogen (secondary N) is 1. The van der Waals surface area contributed by atoms with Crippen LogP contribution in [0.4, 0.5) is 11.6 Å². The van der Waals surface area contributed by atoms with E-state index in [4.69, 9.17) is 5.26 Å². The van der Waals surface area contributed by atoms with Crippen LogP contribution in [-0.4, -0.2) is 36.1 Å². The van der Waals surface area contributed by atoms with Crippen molar-refractivity contribution in [1.82, 2.24) is 9.97 Å². The molecule has 3 rings (SSSR count). The van der Waals surface area contributed by atoms with Gasteiger partial charge in [0, 0.05) is 38.4 Å². The third kappa shape index (κ3) is 2.72. The summed E-state index contributed by atoms with van der Waals surface area (Å²) < 4.78 is 0. The van der Waals surface area contributed by atoms with E-state index < -0.39 is 0 Å². The van der Waals surface area contributed by atoms with Crippen molar-refractivity contribution in [1.29, 1.82) is 5.26 Å². The minimum absolute atomic E-state index is 0.0913. The van der Waals surface area contributed by atoms with Crippen molar-refractivity contribution in [2.24, 2.45) is 0 Å². The summed E-state index contributed by atoms with van der Waals surface area (Å²) in [5.41, 5.74) is 0.505. The number of piperazine rings is 1. The number of hydrogen-bond acceptors (Lipinski definition) is 5. The molecule has 0 aromatic carbocycles. The minimum atomic E-state index is -0.0913. The van der Waals surface area contributed by atoms with Crippen LogP contribution in [-0.2, 0) is 0 Å². The van der Waals surface area contributed by atoms with Crippen molar-refractivity contribution in [3.8, 4) is 6.07 Å². The van der Waals surface area contributed by atoms with Gasteiger partial charge in [-0.2, -0.15) is 5.26 Å². The number of hydrogen-bond donors (Lipinski definition) is 1. The van der Waals surface area contributed by atoms with Gasteiger partial charge in [0.25, 0.3) is 0 Å². The number of H-pyrrole nitrogens is 1. The third-order valence-electron chi connectivity index (χ3n) is 3.58. The first-order valence-electron chi connectivity index (χ1n) is 6.82. The molecular weight excluding hydrogens is 266 g/mol. The van der Waals surface area contributed by atoms with Crippen LogP contribution >= 0.6 is 0 Å². The Morgan fingerprint density at radius 2 is 1.86 bits per heavy atom. The number of pyridine rings is 2. The summed E-state index contributed by atoms with van der Waals surface area (Å²) >= 11 is 0. The van der Waals surface area contributed by atoms with Crippen LogP contribution in [0.1, 0.15) is 5.56 Å². The van der Waals surface area contributed by atoms with E-state index in [1.54, 1.807) is 24.4 Å². The van der Waals surface area contributed by atoms with Gasteiger partial charge in [0.2, 0.25) is 5.56 Å². The van der Waals surface area contributed by atoms with Gasteiger partial charge in [-0.05, 0) is 18.2 Å². The number of aromatic nitrogens is 2. The summed E-state index contributed by atoms with van der Waals surface area (Å²) in [6.07, 6.45) is 1.71. The molecule has 0 unspecified atom stereocenters. The summed E-state index contributed by atoms with van der Waals surface area (Å²) in [7, 11) is 0. The fourth-order valence-corrected chi connectivity index (χ4v) is 2.52. The molecule has 0 spiro atoms. The first-order chi connectivity index (χ1) is 10.3. The van der Waals surface area contributed by atoms with E-state index in [2.05, 4.69) is 25.8 Å². The van der Waals surface area contributed by atoms with Crippen LogP contribution in [0.5, 0.6) is 0 Å². The Morgan fingerprint density at radius 1 is 1.10 bits per heavy atom. The molecule has 1 fully saturated rings. The van der Waals surface area contributed by atoms with Gasteiger partial charge < -0.3 is 14.8 Å². The largest absolute Gasteiger partial charge is 0.355 e. The molecule has 0 amide bonds. The molecule has 0 radical (unpaired) electrons.